The molecule has 78 heavy (non-hydrogen) atoms. The van der Waals surface area contributed by atoms with E-state index in [1.165, 1.54) is 0 Å². The Labute approximate surface area is 450 Å². The van der Waals surface area contributed by atoms with Crippen LogP contribution < -0.4 is 0 Å². The Kier molecular flexibility index (Phi) is 33.9. The maximum absolute atomic E-state index is 13.5. The predicted molar refractivity (Wildman–Crippen MR) is 269 cm³/mol. The van der Waals surface area contributed by atoms with Gasteiger partial charge in [-0.1, -0.05) is 65.8 Å². The Balaban J connectivity index is 7.02. The normalized spacial score (nSPS) is 10.9. The number of esters is 11. The SMILES string of the molecule is C=CC(=O)OCC(COCCC(=O)OCC(COCC(COC(=O)C=C)(COC(=O)C=C)COC(=O)C=C)(COC(=O)C=C)COC(=O)C=C)(COCC(COC(=O)C=C)(COC(=O)C=C)COC(=O)C=C)COC(=O)C=C. The molecule has 0 aliphatic carbocycles. The lowest BCUT2D eigenvalue weighted by molar-refractivity contribution is -0.172. The van der Waals surface area contributed by atoms with E-state index < -0.39 is 206 Å². The highest BCUT2D eigenvalue weighted by atomic mass is 16.6. The molecule has 0 amide bonds. The van der Waals surface area contributed by atoms with Gasteiger partial charge in [-0.15, -0.1) is 0 Å². The van der Waals surface area contributed by atoms with Gasteiger partial charge in [0.05, 0.1) is 67.7 Å². The van der Waals surface area contributed by atoms with E-state index in [2.05, 4.69) is 65.8 Å². The summed E-state index contributed by atoms with van der Waals surface area (Å²) in [6, 6.07) is 0. The van der Waals surface area contributed by atoms with Gasteiger partial charge >= 0.3 is 65.7 Å². The summed E-state index contributed by atoms with van der Waals surface area (Å²) in [5, 5.41) is 0. The molecule has 0 saturated heterocycles. The van der Waals surface area contributed by atoms with Crippen LogP contribution in [0.5, 0.6) is 0 Å². The van der Waals surface area contributed by atoms with E-state index >= 15 is 0 Å². The third-order valence-corrected chi connectivity index (χ3v) is 9.90. The maximum atomic E-state index is 13.5. The third kappa shape index (κ3) is 28.9. The molecule has 428 valence electrons. The Morgan fingerprint density at radius 2 is 0.385 bits per heavy atom. The molecule has 0 spiro atoms. The second kappa shape index (κ2) is 38.1. The summed E-state index contributed by atoms with van der Waals surface area (Å²) < 4.78 is 76.2. The van der Waals surface area contributed by atoms with Crippen LogP contribution >= 0.6 is 0 Å². The Morgan fingerprint density at radius 1 is 0.231 bits per heavy atom. The van der Waals surface area contributed by atoms with E-state index in [0.29, 0.717) is 0 Å². The molecule has 0 aromatic rings. The largest absolute Gasteiger partial charge is 0.465 e. The Bertz CT molecular complexity index is 2030. The van der Waals surface area contributed by atoms with Crippen molar-refractivity contribution in [2.24, 2.45) is 21.7 Å². The zero-order valence-electron chi connectivity index (χ0n) is 43.3. The lowest BCUT2D eigenvalue weighted by Crippen LogP contribution is -2.47. The molecule has 25 nitrogen and oxygen atoms in total. The number of hydrogen-bond donors (Lipinski definition) is 0. The number of ether oxygens (including phenoxy) is 14. The molecule has 0 saturated carbocycles. The average molecular weight is 1100 g/mol. The molecule has 0 fully saturated rings. The van der Waals surface area contributed by atoms with E-state index in [-0.39, 0.29) is 0 Å². The van der Waals surface area contributed by atoms with Crippen molar-refractivity contribution >= 4 is 65.7 Å². The molecule has 25 heteroatoms. The molecule has 0 aromatic carbocycles. The van der Waals surface area contributed by atoms with Crippen LogP contribution in [0.1, 0.15) is 6.42 Å². The molecular formula is C53H66O25. The van der Waals surface area contributed by atoms with Crippen LogP contribution in [0.15, 0.2) is 127 Å². The summed E-state index contributed by atoms with van der Waals surface area (Å²) in [6.07, 6.45) is 7.77. The van der Waals surface area contributed by atoms with Crippen molar-refractivity contribution in [1.29, 1.82) is 0 Å². The molecule has 0 rings (SSSR count). The Morgan fingerprint density at radius 3 is 0.564 bits per heavy atom. The number of rotatable bonds is 45. The van der Waals surface area contributed by atoms with E-state index in [1.807, 2.05) is 0 Å². The molecule has 0 N–H and O–H groups in total. The van der Waals surface area contributed by atoms with Gasteiger partial charge in [0.2, 0.25) is 0 Å². The lowest BCUT2D eigenvalue weighted by atomic mass is 9.90. The molecule has 0 unspecified atom stereocenters. The topological polar surface area (TPSA) is 317 Å². The molecule has 0 radical (unpaired) electrons. The van der Waals surface area contributed by atoms with Gasteiger partial charge in [-0.3, -0.25) is 4.79 Å². The lowest BCUT2D eigenvalue weighted by Gasteiger charge is -2.35. The Hall–Kier alpha value is -8.55. The fourth-order valence-corrected chi connectivity index (χ4v) is 5.55. The highest BCUT2D eigenvalue weighted by molar-refractivity contribution is 5.84. The first-order valence-corrected chi connectivity index (χ1v) is 22.9. The van der Waals surface area contributed by atoms with Gasteiger partial charge in [0.25, 0.3) is 0 Å². The molecule has 0 aliphatic heterocycles. The number of carbonyl (C=O) groups excluding carboxylic acids is 11. The quantitative estimate of drug-likeness (QED) is 0.0365. The summed E-state index contributed by atoms with van der Waals surface area (Å²) in [7, 11) is 0. The monoisotopic (exact) mass is 1100 g/mol. The zero-order chi connectivity index (χ0) is 59.0. The van der Waals surface area contributed by atoms with Crippen molar-refractivity contribution in [3.8, 4) is 0 Å². The molecular weight excluding hydrogens is 1040 g/mol. The van der Waals surface area contributed by atoms with Crippen molar-refractivity contribution in [3.63, 3.8) is 0 Å². The van der Waals surface area contributed by atoms with Crippen molar-refractivity contribution in [2.45, 2.75) is 6.42 Å². The molecule has 0 bridgehead atoms. The van der Waals surface area contributed by atoms with Crippen molar-refractivity contribution in [1.82, 2.24) is 0 Å². The first kappa shape index (κ1) is 69.5. The van der Waals surface area contributed by atoms with Crippen LogP contribution in [-0.2, 0) is 119 Å². The van der Waals surface area contributed by atoms with Crippen LogP contribution in [0.3, 0.4) is 0 Å². The van der Waals surface area contributed by atoms with Crippen LogP contribution in [0.25, 0.3) is 0 Å². The van der Waals surface area contributed by atoms with E-state index in [4.69, 9.17) is 66.3 Å². The zero-order valence-corrected chi connectivity index (χ0v) is 43.3. The van der Waals surface area contributed by atoms with Gasteiger partial charge < -0.3 is 66.3 Å². The van der Waals surface area contributed by atoms with Gasteiger partial charge in [-0.2, -0.15) is 0 Å². The van der Waals surface area contributed by atoms with Crippen LogP contribution in [0.4, 0.5) is 0 Å². The fraction of sp³-hybridized carbons (Fsp3) is 0.415. The van der Waals surface area contributed by atoms with Gasteiger partial charge in [-0.25, -0.2) is 47.9 Å². The minimum atomic E-state index is -1.77. The third-order valence-electron chi connectivity index (χ3n) is 9.90. The minimum absolute atomic E-state index is 0.471. The average Bonchev–Trinajstić information content (AvgIpc) is 3.46. The molecule has 0 aliphatic rings. The van der Waals surface area contributed by atoms with Gasteiger partial charge in [-0.05, 0) is 0 Å². The van der Waals surface area contributed by atoms with E-state index in [0.717, 1.165) is 60.8 Å². The highest BCUT2D eigenvalue weighted by Gasteiger charge is 2.42. The van der Waals surface area contributed by atoms with Gasteiger partial charge in [0.1, 0.15) is 72.7 Å². The van der Waals surface area contributed by atoms with E-state index in [9.17, 15) is 52.7 Å². The second-order valence-corrected chi connectivity index (χ2v) is 16.6. The summed E-state index contributed by atoms with van der Waals surface area (Å²) in [6.45, 7) is 23.3. The fourth-order valence-electron chi connectivity index (χ4n) is 5.55. The van der Waals surface area contributed by atoms with Gasteiger partial charge in [0, 0.05) is 60.8 Å². The predicted octanol–water partition coefficient (Wildman–Crippen LogP) is 2.21. The molecule has 0 aromatic heterocycles. The number of carbonyl (C=O) groups is 11. The van der Waals surface area contributed by atoms with Crippen LogP contribution in [-0.4, -0.2) is 178 Å². The van der Waals surface area contributed by atoms with Crippen molar-refractivity contribution in [2.75, 3.05) is 112 Å². The molecule has 0 atom stereocenters. The van der Waals surface area contributed by atoms with E-state index in [1.54, 1.807) is 0 Å². The molecule has 0 heterocycles. The highest BCUT2D eigenvalue weighted by Crippen LogP contribution is 2.28. The second-order valence-electron chi connectivity index (χ2n) is 16.6. The van der Waals surface area contributed by atoms with Gasteiger partial charge in [0.15, 0.2) is 0 Å². The van der Waals surface area contributed by atoms with Crippen molar-refractivity contribution in [3.05, 3.63) is 127 Å². The number of hydrogen-bond acceptors (Lipinski definition) is 25. The van der Waals surface area contributed by atoms with Crippen molar-refractivity contribution < 1.29 is 119 Å². The maximum Gasteiger partial charge on any atom is 0.330 e. The smallest absolute Gasteiger partial charge is 0.330 e. The van der Waals surface area contributed by atoms with Crippen LogP contribution in [0, 0.1) is 21.7 Å². The summed E-state index contributed by atoms with van der Waals surface area (Å²) in [4.78, 5) is 136. The minimum Gasteiger partial charge on any atom is -0.465 e. The summed E-state index contributed by atoms with van der Waals surface area (Å²) in [5.41, 5.74) is -6.72. The van der Waals surface area contributed by atoms with Crippen LogP contribution in [0.2, 0.25) is 0 Å². The standard InChI is InChI=1S/C53H66O25/c1-11-39(54)68-28-50(29-69-40(55)12-2,24-66-25-51(30-70-41(56)13-3,31-71-42(57)14-4)32-72-43(58)15-5)23-65-22-21-49(64)78-38-53(36-76-47(62)19-9,37-77-48(63)20-10)27-67-26-52(33-73-44(59)16-6,34-74-45(60)17-7)35-75-46(61)18-8/h11-20H,1-10,21-38H2. The summed E-state index contributed by atoms with van der Waals surface area (Å²) in [5.74, 6) is -10.3. The summed E-state index contributed by atoms with van der Waals surface area (Å²) >= 11 is 0. The first-order valence-electron chi connectivity index (χ1n) is 22.9. The first-order chi connectivity index (χ1) is 37.1.